The molecule has 0 unspecified atom stereocenters. The topological polar surface area (TPSA) is 86.6 Å². The molecule has 1 rings (SSSR count). The molecule has 1 atom stereocenters. The molecule has 0 amide bonds. The number of phenols is 1. The predicted molar refractivity (Wildman–Crippen MR) is 75.1 cm³/mol. The van der Waals surface area contributed by atoms with E-state index in [1.807, 2.05) is 0 Å². The lowest BCUT2D eigenvalue weighted by molar-refractivity contribution is -0.138. The molecule has 0 aromatic heterocycles. The molecule has 0 spiro atoms. The number of hydrogen-bond acceptors (Lipinski definition) is 3. The van der Waals surface area contributed by atoms with Crippen molar-refractivity contribution < 1.29 is 19.6 Å². The van der Waals surface area contributed by atoms with Crippen molar-refractivity contribution in [3.8, 4) is 5.75 Å². The molecular formula is C13H20NO4P. The zero-order chi connectivity index (χ0) is 14.5. The predicted octanol–water partition coefficient (Wildman–Crippen LogP) is 2.30. The lowest BCUT2D eigenvalue weighted by atomic mass is 10.1. The molecule has 6 heteroatoms. The van der Waals surface area contributed by atoms with Crippen molar-refractivity contribution >= 4 is 13.3 Å². The average Bonchev–Trinajstić information content (AvgIpc) is 2.40. The molecule has 0 heterocycles. The second-order valence-corrected chi connectivity index (χ2v) is 7.71. The smallest absolute Gasteiger partial charge is 0.321 e. The number of rotatable bonds is 7. The van der Waals surface area contributed by atoms with E-state index in [4.69, 9.17) is 0 Å². The quantitative estimate of drug-likeness (QED) is 0.669. The summed E-state index contributed by atoms with van der Waals surface area (Å²) in [6.45, 7) is 3.58. The van der Waals surface area contributed by atoms with Crippen LogP contribution in [0.5, 0.6) is 5.75 Å². The standard InChI is InChI=1S/C13H20NO4P/c1-3-19(18,4-2)14-12(13(16)17)9-10-5-7-11(15)8-6-10/h5-8,12,15H,3-4,9H2,1-2H3,(H,14,18)(H,16,17)/t12-/m0/s1. The Balaban J connectivity index is 2.82. The molecule has 0 radical (unpaired) electrons. The molecular weight excluding hydrogens is 265 g/mol. The molecule has 1 aromatic rings. The number of aromatic hydroxyl groups is 1. The van der Waals surface area contributed by atoms with Gasteiger partial charge in [0.05, 0.1) is 0 Å². The number of carbonyl (C=O) groups is 1. The first kappa shape index (κ1) is 15.7. The third-order valence-corrected chi connectivity index (χ3v) is 5.91. The summed E-state index contributed by atoms with van der Waals surface area (Å²) in [4.78, 5) is 11.2. The minimum Gasteiger partial charge on any atom is -0.508 e. The number of benzene rings is 1. The van der Waals surface area contributed by atoms with Gasteiger partial charge < -0.3 is 14.8 Å². The number of phenolic OH excluding ortho intramolecular Hbond substituents is 1. The fourth-order valence-electron chi connectivity index (χ4n) is 1.75. The van der Waals surface area contributed by atoms with Crippen LogP contribution in [0.4, 0.5) is 0 Å². The van der Waals surface area contributed by atoms with Crippen molar-refractivity contribution in [1.29, 1.82) is 0 Å². The highest BCUT2D eigenvalue weighted by Crippen LogP contribution is 2.40. The van der Waals surface area contributed by atoms with E-state index in [0.717, 1.165) is 5.56 Å². The highest BCUT2D eigenvalue weighted by atomic mass is 31.2. The van der Waals surface area contributed by atoms with E-state index in [1.54, 1.807) is 26.0 Å². The van der Waals surface area contributed by atoms with Crippen LogP contribution in [0.1, 0.15) is 19.4 Å². The van der Waals surface area contributed by atoms with Gasteiger partial charge in [-0.1, -0.05) is 26.0 Å². The van der Waals surface area contributed by atoms with E-state index in [-0.39, 0.29) is 12.2 Å². The lowest BCUT2D eigenvalue weighted by Gasteiger charge is -2.21. The number of hydrogen-bond donors (Lipinski definition) is 3. The van der Waals surface area contributed by atoms with E-state index in [2.05, 4.69) is 5.09 Å². The first-order valence-electron chi connectivity index (χ1n) is 6.26. The maximum atomic E-state index is 12.3. The van der Waals surface area contributed by atoms with Crippen molar-refractivity contribution in [3.63, 3.8) is 0 Å². The molecule has 0 aliphatic carbocycles. The van der Waals surface area contributed by atoms with Gasteiger partial charge in [0.2, 0.25) is 0 Å². The van der Waals surface area contributed by atoms with Gasteiger partial charge in [0.1, 0.15) is 19.1 Å². The van der Waals surface area contributed by atoms with Crippen LogP contribution < -0.4 is 5.09 Å². The van der Waals surface area contributed by atoms with Gasteiger partial charge in [-0.15, -0.1) is 0 Å². The molecule has 3 N–H and O–H groups in total. The summed E-state index contributed by atoms with van der Waals surface area (Å²) in [5, 5.41) is 21.2. The number of nitrogens with one attached hydrogen (secondary N) is 1. The van der Waals surface area contributed by atoms with Crippen LogP contribution in [0.25, 0.3) is 0 Å². The molecule has 0 fully saturated rings. The Bertz CT molecular complexity index is 464. The summed E-state index contributed by atoms with van der Waals surface area (Å²) in [7, 11) is -2.62. The summed E-state index contributed by atoms with van der Waals surface area (Å²) in [5.74, 6) is -0.883. The molecule has 0 saturated heterocycles. The van der Waals surface area contributed by atoms with E-state index in [9.17, 15) is 19.6 Å². The summed E-state index contributed by atoms with van der Waals surface area (Å²) in [6, 6.07) is 5.46. The number of carboxylic acid groups (broad SMARTS) is 1. The van der Waals surface area contributed by atoms with Gasteiger partial charge in [0.15, 0.2) is 0 Å². The molecule has 106 valence electrons. The number of aliphatic carboxylic acids is 1. The largest absolute Gasteiger partial charge is 0.508 e. The highest BCUT2D eigenvalue weighted by molar-refractivity contribution is 7.61. The second kappa shape index (κ2) is 6.73. The molecule has 5 nitrogen and oxygen atoms in total. The molecule has 19 heavy (non-hydrogen) atoms. The molecule has 0 bridgehead atoms. The normalized spacial score (nSPS) is 13.2. The van der Waals surface area contributed by atoms with Crippen LogP contribution in [0.15, 0.2) is 24.3 Å². The van der Waals surface area contributed by atoms with Gasteiger partial charge >= 0.3 is 5.97 Å². The Morgan fingerprint density at radius 1 is 1.26 bits per heavy atom. The minimum absolute atomic E-state index is 0.136. The van der Waals surface area contributed by atoms with E-state index >= 15 is 0 Å². The Kier molecular flexibility index (Phi) is 5.58. The lowest BCUT2D eigenvalue weighted by Crippen LogP contribution is -2.37. The third-order valence-electron chi connectivity index (χ3n) is 3.09. The average molecular weight is 285 g/mol. The minimum atomic E-state index is -2.62. The zero-order valence-electron chi connectivity index (χ0n) is 11.2. The van der Waals surface area contributed by atoms with E-state index < -0.39 is 19.3 Å². The van der Waals surface area contributed by atoms with Crippen LogP contribution in [-0.4, -0.2) is 34.5 Å². The fourth-order valence-corrected chi connectivity index (χ4v) is 3.33. The number of carboxylic acids is 1. The SMILES string of the molecule is CCP(=O)(CC)N[C@@H](Cc1ccc(O)cc1)C(=O)O. The molecule has 1 aromatic carbocycles. The molecule has 0 aliphatic rings. The first-order valence-corrected chi connectivity index (χ1v) is 8.34. The molecule has 0 saturated carbocycles. The maximum absolute atomic E-state index is 12.3. The Labute approximate surface area is 113 Å². The van der Waals surface area contributed by atoms with Crippen molar-refractivity contribution in [2.75, 3.05) is 12.3 Å². The fraction of sp³-hybridized carbons (Fsp3) is 0.462. The van der Waals surface area contributed by atoms with Crippen molar-refractivity contribution in [3.05, 3.63) is 29.8 Å². The second-order valence-electron chi connectivity index (χ2n) is 4.41. The van der Waals surface area contributed by atoms with Crippen molar-refractivity contribution in [1.82, 2.24) is 5.09 Å². The van der Waals surface area contributed by atoms with E-state index in [1.165, 1.54) is 12.1 Å². The summed E-state index contributed by atoms with van der Waals surface area (Å²) < 4.78 is 12.3. The monoisotopic (exact) mass is 285 g/mol. The zero-order valence-corrected chi connectivity index (χ0v) is 12.1. The molecule has 0 aliphatic heterocycles. The Morgan fingerprint density at radius 3 is 2.21 bits per heavy atom. The van der Waals surface area contributed by atoms with Crippen LogP contribution in [0.2, 0.25) is 0 Å². The van der Waals surface area contributed by atoms with E-state index in [0.29, 0.717) is 12.3 Å². The van der Waals surface area contributed by atoms with Crippen LogP contribution >= 0.6 is 7.29 Å². The highest BCUT2D eigenvalue weighted by Gasteiger charge is 2.26. The van der Waals surface area contributed by atoms with Gasteiger partial charge in [-0.2, -0.15) is 0 Å². The van der Waals surface area contributed by atoms with Crippen LogP contribution in [0.3, 0.4) is 0 Å². The van der Waals surface area contributed by atoms with Crippen molar-refractivity contribution in [2.24, 2.45) is 0 Å². The van der Waals surface area contributed by atoms with Gasteiger partial charge in [-0.25, -0.2) is 0 Å². The summed E-state index contributed by atoms with van der Waals surface area (Å²) >= 11 is 0. The first-order chi connectivity index (χ1) is 8.90. The summed E-state index contributed by atoms with van der Waals surface area (Å²) in [5.41, 5.74) is 0.774. The van der Waals surface area contributed by atoms with Gasteiger partial charge in [0.25, 0.3) is 0 Å². The van der Waals surface area contributed by atoms with Gasteiger partial charge in [-0.3, -0.25) is 9.88 Å². The van der Waals surface area contributed by atoms with Crippen LogP contribution in [-0.2, 0) is 15.8 Å². The van der Waals surface area contributed by atoms with Gasteiger partial charge in [-0.05, 0) is 24.1 Å². The Morgan fingerprint density at radius 2 is 1.79 bits per heavy atom. The summed E-state index contributed by atoms with van der Waals surface area (Å²) in [6.07, 6.45) is 1.10. The maximum Gasteiger partial charge on any atom is 0.321 e. The van der Waals surface area contributed by atoms with Crippen LogP contribution in [0, 0.1) is 0 Å². The third kappa shape index (κ3) is 4.69. The Hall–Kier alpha value is -1.32. The van der Waals surface area contributed by atoms with Crippen molar-refractivity contribution in [2.45, 2.75) is 26.3 Å². The van der Waals surface area contributed by atoms with Gasteiger partial charge in [0, 0.05) is 12.3 Å².